The second-order valence-electron chi connectivity index (χ2n) is 10.6. The Morgan fingerprint density at radius 1 is 1.20 bits per heavy atom. The van der Waals surface area contributed by atoms with Crippen molar-refractivity contribution in [3.8, 4) is 11.5 Å². The summed E-state index contributed by atoms with van der Waals surface area (Å²) in [6.45, 7) is 10.8. The quantitative estimate of drug-likeness (QED) is 0.363. The number of pyridine rings is 2. The number of carbonyl (C=O) groups excluding carboxylic acids is 1. The molecule has 6 rings (SSSR count). The van der Waals surface area contributed by atoms with Crippen molar-refractivity contribution in [2.75, 3.05) is 24.5 Å². The van der Waals surface area contributed by atoms with Crippen LogP contribution in [-0.2, 0) is 17.6 Å². The third-order valence-corrected chi connectivity index (χ3v) is 7.61. The van der Waals surface area contributed by atoms with Crippen molar-refractivity contribution >= 4 is 22.8 Å². The van der Waals surface area contributed by atoms with Crippen LogP contribution in [-0.4, -0.2) is 71.0 Å². The van der Waals surface area contributed by atoms with Crippen LogP contribution in [0.4, 0.5) is 10.2 Å². The van der Waals surface area contributed by atoms with Crippen molar-refractivity contribution in [2.24, 2.45) is 0 Å². The molecular formula is C28H30FN9O2. The summed E-state index contributed by atoms with van der Waals surface area (Å²) in [7, 11) is 0. The maximum absolute atomic E-state index is 15.8. The first-order valence-corrected chi connectivity index (χ1v) is 13.5. The molecule has 12 heteroatoms. The number of rotatable bonds is 3. The second-order valence-corrected chi connectivity index (χ2v) is 10.6. The fourth-order valence-corrected chi connectivity index (χ4v) is 5.65. The minimum absolute atomic E-state index is 0.00698. The van der Waals surface area contributed by atoms with E-state index in [1.807, 2.05) is 31.7 Å². The van der Waals surface area contributed by atoms with Crippen LogP contribution in [0, 0.1) is 5.82 Å². The first-order chi connectivity index (χ1) is 19.3. The van der Waals surface area contributed by atoms with Crippen molar-refractivity contribution < 1.29 is 9.18 Å². The molecule has 4 aromatic heterocycles. The SMILES string of the molecule is C=CC(=O)N1CCN(c2nc(=O)n3c4nc(c(F)cc24)-n2cc(nn2)CCCc2ccnc(C(C)C)c2-3)[C@@H](C)C1. The number of aryl methyl sites for hydroxylation is 2. The Balaban J connectivity index is 1.64. The average molecular weight is 544 g/mol. The van der Waals surface area contributed by atoms with Crippen LogP contribution in [0.2, 0.25) is 0 Å². The van der Waals surface area contributed by atoms with Crippen molar-refractivity contribution in [1.29, 1.82) is 0 Å². The van der Waals surface area contributed by atoms with Gasteiger partial charge in [0.05, 0.1) is 28.7 Å². The van der Waals surface area contributed by atoms with Crippen molar-refractivity contribution in [1.82, 2.24) is 39.4 Å². The van der Waals surface area contributed by atoms with E-state index in [0.717, 1.165) is 23.4 Å². The zero-order valence-electron chi connectivity index (χ0n) is 22.7. The van der Waals surface area contributed by atoms with E-state index in [2.05, 4.69) is 26.9 Å². The largest absolute Gasteiger partial charge is 0.355 e. The number of carbonyl (C=O) groups is 1. The Labute approximate surface area is 230 Å². The van der Waals surface area contributed by atoms with Gasteiger partial charge in [-0.05, 0) is 55.9 Å². The summed E-state index contributed by atoms with van der Waals surface area (Å²) in [5, 5.41) is 8.73. The molecule has 1 saturated heterocycles. The van der Waals surface area contributed by atoms with Crippen LogP contribution < -0.4 is 10.6 Å². The number of fused-ring (bicyclic) bond motifs is 6. The fourth-order valence-electron chi connectivity index (χ4n) is 5.65. The molecule has 1 amide bonds. The number of halogens is 1. The van der Waals surface area contributed by atoms with Gasteiger partial charge in [-0.25, -0.2) is 18.7 Å². The topological polar surface area (TPSA) is 115 Å². The summed E-state index contributed by atoms with van der Waals surface area (Å²) in [6, 6.07) is 3.09. The van der Waals surface area contributed by atoms with Gasteiger partial charge in [-0.1, -0.05) is 25.6 Å². The van der Waals surface area contributed by atoms with Gasteiger partial charge in [0, 0.05) is 31.9 Å². The molecule has 2 aliphatic heterocycles. The Hall–Kier alpha value is -4.48. The number of piperazine rings is 1. The van der Waals surface area contributed by atoms with E-state index >= 15 is 4.39 Å². The van der Waals surface area contributed by atoms with Gasteiger partial charge in [0.2, 0.25) is 5.91 Å². The molecule has 0 spiro atoms. The third-order valence-electron chi connectivity index (χ3n) is 7.61. The Bertz CT molecular complexity index is 1710. The highest BCUT2D eigenvalue weighted by Crippen LogP contribution is 2.32. The molecule has 1 fully saturated rings. The van der Waals surface area contributed by atoms with Crippen LogP contribution in [0.1, 0.15) is 50.1 Å². The highest BCUT2D eigenvalue weighted by Gasteiger charge is 2.31. The standard InChI is InChI=1S/C28H30FN9O2/c1-5-22(39)35-11-12-36(17(4)14-35)25-20-13-21(29)27-31-26(20)38(28(40)32-25)24-18(9-10-30-23(24)16(2)3)7-6-8-19-15-37(27)34-33-19/h5,9-10,13,15-17H,1,6-8,11-12,14H2,2-4H3/t17-/m0/s1. The zero-order chi connectivity index (χ0) is 28.1. The molecule has 0 radical (unpaired) electrons. The molecule has 2 aliphatic rings. The van der Waals surface area contributed by atoms with Crippen LogP contribution in [0.5, 0.6) is 0 Å². The van der Waals surface area contributed by atoms with Crippen LogP contribution in [0.25, 0.3) is 22.5 Å². The van der Waals surface area contributed by atoms with Crippen LogP contribution in [0.15, 0.2) is 42.0 Å². The summed E-state index contributed by atoms with van der Waals surface area (Å²) in [6.07, 6.45) is 6.79. The van der Waals surface area contributed by atoms with Gasteiger partial charge in [0.1, 0.15) is 5.82 Å². The molecule has 40 heavy (non-hydrogen) atoms. The molecule has 0 unspecified atom stereocenters. The summed E-state index contributed by atoms with van der Waals surface area (Å²) in [5.41, 5.74) is 2.77. The maximum atomic E-state index is 15.8. The number of aromatic nitrogens is 7. The normalized spacial score (nSPS) is 17.1. The van der Waals surface area contributed by atoms with E-state index in [0.29, 0.717) is 49.4 Å². The Kier molecular flexibility index (Phi) is 6.40. The van der Waals surface area contributed by atoms with Gasteiger partial charge in [-0.3, -0.25) is 9.78 Å². The first-order valence-electron chi connectivity index (χ1n) is 13.5. The Morgan fingerprint density at radius 2 is 2.02 bits per heavy atom. The molecule has 6 heterocycles. The van der Waals surface area contributed by atoms with Crippen molar-refractivity contribution in [2.45, 2.75) is 52.0 Å². The molecule has 0 N–H and O–H groups in total. The maximum Gasteiger partial charge on any atom is 0.355 e. The predicted molar refractivity (Wildman–Crippen MR) is 148 cm³/mol. The van der Waals surface area contributed by atoms with E-state index < -0.39 is 11.5 Å². The molecule has 0 aromatic carbocycles. The summed E-state index contributed by atoms with van der Waals surface area (Å²) in [5.74, 6) is -0.486. The second kappa shape index (κ2) is 9.92. The fraction of sp³-hybridized carbons (Fsp3) is 0.393. The highest BCUT2D eigenvalue weighted by molar-refractivity contribution is 5.90. The van der Waals surface area contributed by atoms with Crippen LogP contribution in [0.3, 0.4) is 0 Å². The molecule has 0 saturated carbocycles. The van der Waals surface area contributed by atoms with Gasteiger partial charge < -0.3 is 9.80 Å². The van der Waals surface area contributed by atoms with Gasteiger partial charge in [-0.2, -0.15) is 9.67 Å². The lowest BCUT2D eigenvalue weighted by Crippen LogP contribution is -2.54. The number of nitrogens with zero attached hydrogens (tertiary/aromatic N) is 9. The number of hydrogen-bond acceptors (Lipinski definition) is 8. The van der Waals surface area contributed by atoms with Gasteiger partial charge in [0.15, 0.2) is 17.3 Å². The Morgan fingerprint density at radius 3 is 2.77 bits per heavy atom. The number of hydrogen-bond donors (Lipinski definition) is 0. The molecular weight excluding hydrogens is 513 g/mol. The molecule has 11 nitrogen and oxygen atoms in total. The predicted octanol–water partition coefficient (Wildman–Crippen LogP) is 2.73. The van der Waals surface area contributed by atoms with E-state index in [-0.39, 0.29) is 29.3 Å². The number of amides is 1. The summed E-state index contributed by atoms with van der Waals surface area (Å²) in [4.78, 5) is 43.8. The van der Waals surface area contributed by atoms with E-state index in [9.17, 15) is 9.59 Å². The lowest BCUT2D eigenvalue weighted by atomic mass is 10.00. The molecule has 4 aromatic rings. The average Bonchev–Trinajstić information content (AvgIpc) is 3.40. The van der Waals surface area contributed by atoms with E-state index in [1.54, 1.807) is 17.3 Å². The van der Waals surface area contributed by atoms with Gasteiger partial charge >= 0.3 is 5.69 Å². The molecule has 4 bridgehead atoms. The number of anilines is 1. The molecule has 206 valence electrons. The van der Waals surface area contributed by atoms with Crippen molar-refractivity contribution in [3.05, 3.63) is 70.4 Å². The smallest absolute Gasteiger partial charge is 0.350 e. The third kappa shape index (κ3) is 4.23. The monoisotopic (exact) mass is 543 g/mol. The van der Waals surface area contributed by atoms with Gasteiger partial charge in [-0.15, -0.1) is 5.10 Å². The van der Waals surface area contributed by atoms with E-state index in [4.69, 9.17) is 4.98 Å². The minimum atomic E-state index is -0.613. The lowest BCUT2D eigenvalue weighted by molar-refractivity contribution is -0.126. The zero-order valence-corrected chi connectivity index (χ0v) is 22.7. The summed E-state index contributed by atoms with van der Waals surface area (Å²) < 4.78 is 18.5. The molecule has 0 aliphatic carbocycles. The lowest BCUT2D eigenvalue weighted by Gasteiger charge is -2.40. The van der Waals surface area contributed by atoms with Crippen LogP contribution >= 0.6 is 0 Å². The summed E-state index contributed by atoms with van der Waals surface area (Å²) >= 11 is 0. The van der Waals surface area contributed by atoms with Gasteiger partial charge in [0.25, 0.3) is 0 Å². The minimum Gasteiger partial charge on any atom is -0.350 e. The first kappa shape index (κ1) is 25.8. The molecule has 1 atom stereocenters. The van der Waals surface area contributed by atoms with E-state index in [1.165, 1.54) is 21.4 Å². The highest BCUT2D eigenvalue weighted by atomic mass is 19.1. The van der Waals surface area contributed by atoms with Crippen molar-refractivity contribution in [3.63, 3.8) is 0 Å².